The summed E-state index contributed by atoms with van der Waals surface area (Å²) in [5.74, 6) is 1.60. The summed E-state index contributed by atoms with van der Waals surface area (Å²) in [5, 5.41) is 11.3. The molecule has 0 aliphatic rings. The predicted molar refractivity (Wildman–Crippen MR) is 195 cm³/mol. The number of hydrogen-bond donors (Lipinski definition) is 0. The van der Waals surface area contributed by atoms with E-state index >= 15 is 0 Å². The zero-order chi connectivity index (χ0) is 30.6. The summed E-state index contributed by atoms with van der Waals surface area (Å²) in [7, 11) is 9.30. The van der Waals surface area contributed by atoms with Gasteiger partial charge in [-0.05, 0) is 42.7 Å². The standard InChI is InChI=1S/C21H16P.C17H24P.2ClH.Ti/c1-3-11-19(12-4-1)22(20-13-5-2-6-14-20)21-15-17-9-7-8-10-18(17)16-21;1-13(2)11-18(12-14(3)4)17-9-15-7-5-6-8-16(15)10-17;;;/h1-16H;5-10,13-14H,11-12H2,1-4H3;2*1H;/q2*-1;;;+2/p-2. The van der Waals surface area contributed by atoms with E-state index in [0.29, 0.717) is 0 Å². The second kappa shape index (κ2) is 17.7. The van der Waals surface area contributed by atoms with E-state index in [-0.39, 0.29) is 7.92 Å². The van der Waals surface area contributed by atoms with Crippen LogP contribution < -0.4 is 21.2 Å². The zero-order valence-electron chi connectivity index (χ0n) is 25.4. The molecule has 0 aliphatic heterocycles. The Morgan fingerprint density at radius 3 is 1.35 bits per heavy atom. The Hall–Kier alpha value is -1.75. The average molecular weight is 677 g/mol. The fourth-order valence-electron chi connectivity index (χ4n) is 5.35. The Morgan fingerprint density at radius 1 is 0.558 bits per heavy atom. The average Bonchev–Trinajstić information content (AvgIpc) is 3.63. The van der Waals surface area contributed by atoms with Gasteiger partial charge in [-0.25, -0.2) is 0 Å². The third-order valence-corrected chi connectivity index (χ3v) is 12.8. The minimum atomic E-state index is -0.556. The van der Waals surface area contributed by atoms with Crippen molar-refractivity contribution in [1.29, 1.82) is 0 Å². The monoisotopic (exact) mass is 676 g/mol. The molecule has 0 aliphatic carbocycles. The molecule has 0 spiro atoms. The fraction of sp³-hybridized carbons (Fsp3) is 0.211. The summed E-state index contributed by atoms with van der Waals surface area (Å²) < 4.78 is 0. The molecule has 0 aromatic heterocycles. The summed E-state index contributed by atoms with van der Waals surface area (Å²) in [5.41, 5.74) is 0. The van der Waals surface area contributed by atoms with E-state index in [4.69, 9.17) is 18.6 Å². The summed E-state index contributed by atoms with van der Waals surface area (Å²) in [4.78, 5) is 0. The van der Waals surface area contributed by atoms with Crippen LogP contribution in [0.4, 0.5) is 0 Å². The summed E-state index contributed by atoms with van der Waals surface area (Å²) in [6.07, 6.45) is 2.73. The summed E-state index contributed by atoms with van der Waals surface area (Å²) in [6.45, 7) is 9.38. The molecule has 0 saturated carbocycles. The molecule has 0 fully saturated rings. The van der Waals surface area contributed by atoms with Gasteiger partial charge in [-0.15, -0.1) is 80.7 Å². The Labute approximate surface area is 277 Å². The minimum absolute atomic E-state index is 0.0185. The molecule has 6 rings (SSSR count). The zero-order valence-corrected chi connectivity index (χ0v) is 30.3. The first kappa shape index (κ1) is 34.1. The van der Waals surface area contributed by atoms with Crippen molar-refractivity contribution in [3.8, 4) is 0 Å². The number of rotatable bonds is 8. The molecule has 6 aromatic carbocycles. The van der Waals surface area contributed by atoms with Crippen LogP contribution in [0.5, 0.6) is 0 Å². The molecular weight excluding hydrogens is 637 g/mol. The largest absolute Gasteiger partial charge is 0.160 e. The number of benzene rings is 4. The van der Waals surface area contributed by atoms with Crippen LogP contribution >= 0.6 is 34.5 Å². The van der Waals surface area contributed by atoms with Crippen molar-refractivity contribution < 1.29 is 17.0 Å². The number of fused-ring (bicyclic) bond motifs is 2. The smallest absolute Gasteiger partial charge is 0.0166 e. The van der Waals surface area contributed by atoms with E-state index in [1.165, 1.54) is 49.8 Å². The van der Waals surface area contributed by atoms with Gasteiger partial charge in [-0.2, -0.15) is 12.1 Å². The molecule has 5 heteroatoms. The molecule has 6 aromatic rings. The first-order chi connectivity index (χ1) is 20.9. The number of halogens is 2. The topological polar surface area (TPSA) is 0 Å². The predicted octanol–water partition coefficient (Wildman–Crippen LogP) is 10.7. The van der Waals surface area contributed by atoms with Crippen LogP contribution in [0.15, 0.2) is 133 Å². The van der Waals surface area contributed by atoms with Gasteiger partial charge in [0.15, 0.2) is 0 Å². The summed E-state index contributed by atoms with van der Waals surface area (Å²) >= 11 is -0.556. The molecule has 0 heterocycles. The Kier molecular flexibility index (Phi) is 14.0. The molecule has 0 N–H and O–H groups in total. The third-order valence-electron chi connectivity index (χ3n) is 7.03. The molecule has 43 heavy (non-hydrogen) atoms. The second-order valence-electron chi connectivity index (χ2n) is 11.5. The van der Waals surface area contributed by atoms with Gasteiger partial charge in [0.25, 0.3) is 0 Å². The van der Waals surface area contributed by atoms with Gasteiger partial charge < -0.3 is 0 Å². The van der Waals surface area contributed by atoms with E-state index in [1.54, 1.807) is 5.30 Å². The molecule has 0 radical (unpaired) electrons. The maximum Gasteiger partial charge on any atom is -0.0166 e. The fourth-order valence-corrected chi connectivity index (χ4v) is 10.7. The van der Waals surface area contributed by atoms with Crippen molar-refractivity contribution in [2.75, 3.05) is 12.3 Å². The second-order valence-corrected chi connectivity index (χ2v) is 18.6. The van der Waals surface area contributed by atoms with Crippen molar-refractivity contribution in [3.63, 3.8) is 0 Å². The van der Waals surface area contributed by atoms with Gasteiger partial charge in [0.2, 0.25) is 0 Å². The van der Waals surface area contributed by atoms with Crippen LogP contribution in [0, 0.1) is 11.8 Å². The quantitative estimate of drug-likeness (QED) is 0.0855. The van der Waals surface area contributed by atoms with Crippen molar-refractivity contribution in [3.05, 3.63) is 133 Å². The molecule has 0 amide bonds. The molecule has 0 saturated heterocycles. The molecule has 0 atom stereocenters. The third kappa shape index (κ3) is 10.1. The Morgan fingerprint density at radius 2 is 0.930 bits per heavy atom. The van der Waals surface area contributed by atoms with Crippen LogP contribution in [-0.2, 0) is 17.0 Å². The molecule has 0 unspecified atom stereocenters. The SMILES string of the molecule is CC(C)CP(CC(C)C)c1cc2ccccc2[cH-]1.[Cl][Ti][Cl].c1ccc(P(c2ccccc2)c2cc3ccccc3[cH-]2)cc1. The van der Waals surface area contributed by atoms with Gasteiger partial charge in [-0.1, -0.05) is 108 Å². The van der Waals surface area contributed by atoms with Crippen molar-refractivity contribution >= 4 is 77.2 Å². The molecule has 0 bridgehead atoms. The van der Waals surface area contributed by atoms with Crippen LogP contribution in [0.2, 0.25) is 0 Å². The van der Waals surface area contributed by atoms with Gasteiger partial charge in [0, 0.05) is 0 Å². The van der Waals surface area contributed by atoms with Crippen molar-refractivity contribution in [2.24, 2.45) is 11.8 Å². The first-order valence-corrected chi connectivity index (χ1v) is 22.2. The van der Waals surface area contributed by atoms with E-state index in [0.717, 1.165) is 11.8 Å². The van der Waals surface area contributed by atoms with Crippen LogP contribution in [0.3, 0.4) is 0 Å². The summed E-state index contributed by atoms with van der Waals surface area (Å²) in [6, 6.07) is 48.6. The normalized spacial score (nSPS) is 11.1. The molecule has 222 valence electrons. The minimum Gasteiger partial charge on any atom is -0.160 e. The molecular formula is C38H40Cl2P2Ti-2. The number of hydrogen-bond acceptors (Lipinski definition) is 0. The molecule has 0 nitrogen and oxygen atoms in total. The van der Waals surface area contributed by atoms with E-state index in [1.807, 2.05) is 0 Å². The van der Waals surface area contributed by atoms with Gasteiger partial charge >= 0.3 is 35.6 Å². The first-order valence-electron chi connectivity index (χ1n) is 14.8. The van der Waals surface area contributed by atoms with Crippen LogP contribution in [0.1, 0.15) is 27.7 Å². The van der Waals surface area contributed by atoms with Crippen LogP contribution in [0.25, 0.3) is 21.5 Å². The van der Waals surface area contributed by atoms with E-state index < -0.39 is 25.0 Å². The van der Waals surface area contributed by atoms with E-state index in [9.17, 15) is 0 Å². The maximum atomic E-state index is 4.89. The van der Waals surface area contributed by atoms with Crippen molar-refractivity contribution in [2.45, 2.75) is 27.7 Å². The Bertz CT molecular complexity index is 1520. The van der Waals surface area contributed by atoms with Gasteiger partial charge in [-0.3, -0.25) is 0 Å². The van der Waals surface area contributed by atoms with Crippen molar-refractivity contribution in [1.82, 2.24) is 0 Å². The van der Waals surface area contributed by atoms with Crippen LogP contribution in [-0.4, -0.2) is 12.3 Å². The van der Waals surface area contributed by atoms with E-state index in [2.05, 4.69) is 161 Å². The van der Waals surface area contributed by atoms with Gasteiger partial charge in [0.1, 0.15) is 0 Å². The maximum absolute atomic E-state index is 4.89. The Balaban J connectivity index is 0.000000184. The van der Waals surface area contributed by atoms with Gasteiger partial charge in [0.05, 0.1) is 0 Å².